The fourth-order valence-electron chi connectivity index (χ4n) is 2.97. The molecule has 1 aliphatic rings. The van der Waals surface area contributed by atoms with E-state index in [0.717, 1.165) is 23.8 Å². The minimum atomic E-state index is -2.84. The second kappa shape index (κ2) is 11.5. The number of para-hydroxylation sites is 1. The first-order chi connectivity index (χ1) is 13.5. The minimum absolute atomic E-state index is 0. The van der Waals surface area contributed by atoms with Crippen LogP contribution in [0.3, 0.4) is 0 Å². The van der Waals surface area contributed by atoms with Gasteiger partial charge in [0.15, 0.2) is 15.8 Å². The zero-order valence-corrected chi connectivity index (χ0v) is 19.8. The minimum Gasteiger partial charge on any atom is -0.355 e. The maximum atomic E-state index is 11.6. The van der Waals surface area contributed by atoms with Crippen LogP contribution in [0.4, 0.5) is 5.69 Å². The number of aryl methyl sites for hydroxylation is 1. The zero-order chi connectivity index (χ0) is 19.8. The maximum absolute atomic E-state index is 11.6. The molecule has 1 aliphatic heterocycles. The number of sulfone groups is 1. The Balaban J connectivity index is 0.00000300. The quantitative estimate of drug-likeness (QED) is 0.343. The standard InChI is InChI=1S/C21H28N4O2S.HI/c1-18-7-9-19(10-8-18)17-23-21(24-20-5-3-2-4-6-20)22-11-12-25-13-15-28(26,27)16-14-25;/h2-10H,11-17H2,1H3,(H2,22,23,24);1H. The summed E-state index contributed by atoms with van der Waals surface area (Å²) >= 11 is 0. The number of nitrogens with one attached hydrogen (secondary N) is 2. The van der Waals surface area contributed by atoms with Crippen LogP contribution in [0.5, 0.6) is 0 Å². The molecular weight excluding hydrogens is 499 g/mol. The lowest BCUT2D eigenvalue weighted by molar-refractivity contribution is 0.300. The lowest BCUT2D eigenvalue weighted by Gasteiger charge is -2.26. The number of aliphatic imine (C=N–C) groups is 1. The molecule has 0 saturated carbocycles. The van der Waals surface area contributed by atoms with E-state index >= 15 is 0 Å². The average Bonchev–Trinajstić information content (AvgIpc) is 2.69. The molecule has 158 valence electrons. The molecule has 3 rings (SSSR count). The third-order valence-electron chi connectivity index (χ3n) is 4.73. The predicted molar refractivity (Wildman–Crippen MR) is 131 cm³/mol. The highest BCUT2D eigenvalue weighted by Crippen LogP contribution is 2.07. The van der Waals surface area contributed by atoms with Gasteiger partial charge in [-0.1, -0.05) is 48.0 Å². The van der Waals surface area contributed by atoms with Crippen molar-refractivity contribution >= 4 is 45.5 Å². The van der Waals surface area contributed by atoms with Crippen LogP contribution in [-0.2, 0) is 16.4 Å². The van der Waals surface area contributed by atoms with E-state index in [1.54, 1.807) is 0 Å². The predicted octanol–water partition coefficient (Wildman–Crippen LogP) is 2.90. The molecule has 2 aromatic rings. The number of guanidine groups is 1. The summed E-state index contributed by atoms with van der Waals surface area (Å²) in [5.41, 5.74) is 3.36. The van der Waals surface area contributed by atoms with Crippen molar-refractivity contribution in [1.82, 2.24) is 10.2 Å². The largest absolute Gasteiger partial charge is 0.355 e. The van der Waals surface area contributed by atoms with Crippen molar-refractivity contribution in [3.05, 3.63) is 65.7 Å². The maximum Gasteiger partial charge on any atom is 0.196 e. The SMILES string of the molecule is Cc1ccc(CN=C(NCCN2CCS(=O)(=O)CC2)Nc2ccccc2)cc1.I. The second-order valence-corrected chi connectivity index (χ2v) is 9.37. The van der Waals surface area contributed by atoms with E-state index in [4.69, 9.17) is 4.99 Å². The summed E-state index contributed by atoms with van der Waals surface area (Å²) in [5, 5.41) is 6.70. The van der Waals surface area contributed by atoms with Gasteiger partial charge in [0, 0.05) is 31.9 Å². The van der Waals surface area contributed by atoms with Crippen molar-refractivity contribution in [2.24, 2.45) is 4.99 Å². The molecule has 0 unspecified atom stereocenters. The van der Waals surface area contributed by atoms with E-state index in [1.165, 1.54) is 5.56 Å². The van der Waals surface area contributed by atoms with E-state index in [0.29, 0.717) is 26.2 Å². The number of hydrogen-bond donors (Lipinski definition) is 2. The van der Waals surface area contributed by atoms with Gasteiger partial charge in [-0.15, -0.1) is 24.0 Å². The number of anilines is 1. The molecule has 0 aromatic heterocycles. The van der Waals surface area contributed by atoms with Crippen LogP contribution < -0.4 is 10.6 Å². The molecule has 6 nitrogen and oxygen atoms in total. The molecule has 0 amide bonds. The molecule has 2 aromatic carbocycles. The number of nitrogens with zero attached hydrogens (tertiary/aromatic N) is 2. The third kappa shape index (κ3) is 8.31. The van der Waals surface area contributed by atoms with Gasteiger partial charge in [0.1, 0.15) is 0 Å². The van der Waals surface area contributed by atoms with E-state index in [9.17, 15) is 8.42 Å². The molecule has 29 heavy (non-hydrogen) atoms. The first-order valence-corrected chi connectivity index (χ1v) is 11.4. The molecule has 1 heterocycles. The van der Waals surface area contributed by atoms with E-state index in [-0.39, 0.29) is 35.5 Å². The lowest BCUT2D eigenvalue weighted by atomic mass is 10.1. The molecule has 2 N–H and O–H groups in total. The Morgan fingerprint density at radius 2 is 1.69 bits per heavy atom. The molecule has 0 bridgehead atoms. The van der Waals surface area contributed by atoms with Crippen LogP contribution in [-0.4, -0.2) is 57.0 Å². The summed E-state index contributed by atoms with van der Waals surface area (Å²) in [6.45, 7) is 5.35. The number of benzene rings is 2. The molecule has 0 spiro atoms. The fourth-order valence-corrected chi connectivity index (χ4v) is 4.24. The number of hydrogen-bond acceptors (Lipinski definition) is 4. The van der Waals surface area contributed by atoms with E-state index in [1.807, 2.05) is 30.3 Å². The first-order valence-electron chi connectivity index (χ1n) is 9.59. The van der Waals surface area contributed by atoms with Crippen molar-refractivity contribution < 1.29 is 8.42 Å². The van der Waals surface area contributed by atoms with Gasteiger partial charge < -0.3 is 10.6 Å². The topological polar surface area (TPSA) is 73.8 Å². The van der Waals surface area contributed by atoms with Crippen LogP contribution in [0.15, 0.2) is 59.6 Å². The number of rotatable bonds is 6. The van der Waals surface area contributed by atoms with Crippen LogP contribution in [0.25, 0.3) is 0 Å². The van der Waals surface area contributed by atoms with Gasteiger partial charge in [-0.3, -0.25) is 4.90 Å². The molecular formula is C21H29IN4O2S. The normalized spacial score (nSPS) is 16.7. The Kier molecular flexibility index (Phi) is 9.38. The van der Waals surface area contributed by atoms with Gasteiger partial charge in [-0.2, -0.15) is 0 Å². The van der Waals surface area contributed by atoms with Gasteiger partial charge in [0.2, 0.25) is 0 Å². The van der Waals surface area contributed by atoms with Gasteiger partial charge in [-0.25, -0.2) is 13.4 Å². The Labute approximate surface area is 190 Å². The van der Waals surface area contributed by atoms with Gasteiger partial charge >= 0.3 is 0 Å². The Hall–Kier alpha value is -1.65. The van der Waals surface area contributed by atoms with Crippen LogP contribution in [0, 0.1) is 6.92 Å². The molecule has 1 saturated heterocycles. The zero-order valence-electron chi connectivity index (χ0n) is 16.7. The Morgan fingerprint density at radius 3 is 2.34 bits per heavy atom. The van der Waals surface area contributed by atoms with Crippen LogP contribution in [0.1, 0.15) is 11.1 Å². The number of halogens is 1. The van der Waals surface area contributed by atoms with Crippen molar-refractivity contribution in [2.45, 2.75) is 13.5 Å². The summed E-state index contributed by atoms with van der Waals surface area (Å²) in [6, 6.07) is 18.3. The van der Waals surface area contributed by atoms with Crippen molar-refractivity contribution in [3.63, 3.8) is 0 Å². The molecule has 1 fully saturated rings. The summed E-state index contributed by atoms with van der Waals surface area (Å²) in [6.07, 6.45) is 0. The molecule has 0 aliphatic carbocycles. The van der Waals surface area contributed by atoms with Gasteiger partial charge in [-0.05, 0) is 24.6 Å². The van der Waals surface area contributed by atoms with Crippen LogP contribution in [0.2, 0.25) is 0 Å². The average molecular weight is 528 g/mol. The first kappa shape index (κ1) is 23.6. The highest BCUT2D eigenvalue weighted by Gasteiger charge is 2.20. The Morgan fingerprint density at radius 1 is 1.03 bits per heavy atom. The van der Waals surface area contributed by atoms with Gasteiger partial charge in [0.25, 0.3) is 0 Å². The van der Waals surface area contributed by atoms with E-state index < -0.39 is 9.84 Å². The molecule has 8 heteroatoms. The van der Waals surface area contributed by atoms with Crippen molar-refractivity contribution in [3.8, 4) is 0 Å². The van der Waals surface area contributed by atoms with E-state index in [2.05, 4.69) is 46.7 Å². The smallest absolute Gasteiger partial charge is 0.196 e. The Bertz CT molecular complexity index is 873. The highest BCUT2D eigenvalue weighted by molar-refractivity contribution is 14.0. The van der Waals surface area contributed by atoms with Gasteiger partial charge in [0.05, 0.1) is 18.1 Å². The summed E-state index contributed by atoms with van der Waals surface area (Å²) in [7, 11) is -2.84. The molecule has 0 atom stereocenters. The van der Waals surface area contributed by atoms with Crippen molar-refractivity contribution in [2.75, 3.05) is 43.0 Å². The van der Waals surface area contributed by atoms with Crippen LogP contribution >= 0.6 is 24.0 Å². The monoisotopic (exact) mass is 528 g/mol. The third-order valence-corrected chi connectivity index (χ3v) is 6.34. The summed E-state index contributed by atoms with van der Waals surface area (Å²) in [5.74, 6) is 1.23. The highest BCUT2D eigenvalue weighted by atomic mass is 127. The fraction of sp³-hybridized carbons (Fsp3) is 0.381. The second-order valence-electron chi connectivity index (χ2n) is 7.06. The van der Waals surface area contributed by atoms with Crippen molar-refractivity contribution in [1.29, 1.82) is 0 Å². The lowest BCUT2D eigenvalue weighted by Crippen LogP contribution is -2.44. The molecule has 0 radical (unpaired) electrons. The summed E-state index contributed by atoms with van der Waals surface area (Å²) in [4.78, 5) is 6.88. The summed E-state index contributed by atoms with van der Waals surface area (Å²) < 4.78 is 23.1.